The highest BCUT2D eigenvalue weighted by atomic mass is 16.3. The van der Waals surface area contributed by atoms with Crippen LogP contribution < -0.4 is 4.90 Å². The number of nitrogens with zero attached hydrogens (tertiary/aromatic N) is 4. The monoisotopic (exact) mass is 302 g/mol. The van der Waals surface area contributed by atoms with Crippen LogP contribution in [0.25, 0.3) is 0 Å². The van der Waals surface area contributed by atoms with Crippen molar-refractivity contribution in [3.63, 3.8) is 0 Å². The maximum Gasteiger partial charge on any atom is 0.225 e. The minimum Gasteiger partial charge on any atom is -0.390 e. The van der Waals surface area contributed by atoms with Crippen LogP contribution in [0.5, 0.6) is 0 Å². The van der Waals surface area contributed by atoms with E-state index in [9.17, 15) is 5.11 Å². The van der Waals surface area contributed by atoms with Gasteiger partial charge < -0.3 is 10.0 Å². The standard InChI is InChI=1S/C17H26N4O/c22-16-12-21(11-15(16)20-9-3-4-10-20)17-18-8-7-14(19-17)13-5-1-2-6-13/h7-8,13,15-16,22H,1-6,9-12H2/t15-,16-/m1/s1. The van der Waals surface area contributed by atoms with Crippen molar-refractivity contribution in [1.82, 2.24) is 14.9 Å². The zero-order valence-electron chi connectivity index (χ0n) is 13.2. The summed E-state index contributed by atoms with van der Waals surface area (Å²) < 4.78 is 0. The van der Waals surface area contributed by atoms with Gasteiger partial charge in [0.05, 0.1) is 12.1 Å². The predicted molar refractivity (Wildman–Crippen MR) is 86.1 cm³/mol. The molecule has 0 radical (unpaired) electrons. The van der Waals surface area contributed by atoms with E-state index in [1.165, 1.54) is 44.2 Å². The number of hydrogen-bond donors (Lipinski definition) is 1. The number of β-amino-alcohol motifs (C(OH)–C–C–N with tert-alkyl or cyclic N) is 1. The highest BCUT2D eigenvalue weighted by molar-refractivity contribution is 5.34. The molecular weight excluding hydrogens is 276 g/mol. The third kappa shape index (κ3) is 2.72. The van der Waals surface area contributed by atoms with Gasteiger partial charge in [-0.15, -0.1) is 0 Å². The second kappa shape index (κ2) is 6.13. The molecule has 5 nitrogen and oxygen atoms in total. The molecule has 1 aromatic rings. The number of aliphatic hydroxyl groups excluding tert-OH is 1. The molecular formula is C17H26N4O. The van der Waals surface area contributed by atoms with Gasteiger partial charge in [-0.1, -0.05) is 12.8 Å². The van der Waals surface area contributed by atoms with Crippen LogP contribution in [0.2, 0.25) is 0 Å². The van der Waals surface area contributed by atoms with E-state index in [1.807, 2.05) is 6.20 Å². The Morgan fingerprint density at radius 2 is 1.82 bits per heavy atom. The Morgan fingerprint density at radius 3 is 2.59 bits per heavy atom. The zero-order chi connectivity index (χ0) is 14.9. The quantitative estimate of drug-likeness (QED) is 0.922. The molecule has 3 heterocycles. The number of likely N-dealkylation sites (tertiary alicyclic amines) is 1. The molecule has 4 rings (SSSR count). The van der Waals surface area contributed by atoms with Gasteiger partial charge in [-0.3, -0.25) is 4.90 Å². The number of rotatable bonds is 3. The molecule has 0 unspecified atom stereocenters. The SMILES string of the molecule is O[C@@H]1CN(c2nccc(C3CCCC3)n2)C[C@H]1N1CCCC1. The first kappa shape index (κ1) is 14.4. The van der Waals surface area contributed by atoms with E-state index in [1.54, 1.807) is 0 Å². The van der Waals surface area contributed by atoms with Gasteiger partial charge in [0.2, 0.25) is 5.95 Å². The van der Waals surface area contributed by atoms with Crippen molar-refractivity contribution in [2.75, 3.05) is 31.1 Å². The summed E-state index contributed by atoms with van der Waals surface area (Å²) in [6.45, 7) is 3.77. The minimum atomic E-state index is -0.281. The molecule has 1 saturated carbocycles. The van der Waals surface area contributed by atoms with Crippen molar-refractivity contribution in [1.29, 1.82) is 0 Å². The fourth-order valence-corrected chi connectivity index (χ4v) is 4.33. The molecule has 1 N–H and O–H groups in total. The first-order valence-corrected chi connectivity index (χ1v) is 8.81. The van der Waals surface area contributed by atoms with Gasteiger partial charge in [0.25, 0.3) is 0 Å². The highest BCUT2D eigenvalue weighted by Gasteiger charge is 2.37. The van der Waals surface area contributed by atoms with E-state index in [4.69, 9.17) is 4.98 Å². The summed E-state index contributed by atoms with van der Waals surface area (Å²) in [5, 5.41) is 10.4. The second-order valence-electron chi connectivity index (χ2n) is 7.05. The first-order valence-electron chi connectivity index (χ1n) is 8.81. The van der Waals surface area contributed by atoms with Crippen LogP contribution in [0.4, 0.5) is 5.95 Å². The molecule has 0 amide bonds. The summed E-state index contributed by atoms with van der Waals surface area (Å²) in [5.41, 5.74) is 1.20. The van der Waals surface area contributed by atoms with Gasteiger partial charge >= 0.3 is 0 Å². The first-order chi connectivity index (χ1) is 10.8. The Labute approximate surface area is 132 Å². The largest absolute Gasteiger partial charge is 0.390 e. The van der Waals surface area contributed by atoms with Crippen LogP contribution >= 0.6 is 0 Å². The summed E-state index contributed by atoms with van der Waals surface area (Å²) in [6, 6.07) is 2.32. The lowest BCUT2D eigenvalue weighted by Gasteiger charge is -2.25. The molecule has 3 fully saturated rings. The van der Waals surface area contributed by atoms with Crippen LogP contribution in [0.1, 0.15) is 50.1 Å². The molecule has 0 bridgehead atoms. The smallest absolute Gasteiger partial charge is 0.225 e. The van der Waals surface area contributed by atoms with Crippen molar-refractivity contribution in [2.45, 2.75) is 56.6 Å². The Kier molecular flexibility index (Phi) is 4.01. The van der Waals surface area contributed by atoms with Crippen molar-refractivity contribution in [2.24, 2.45) is 0 Å². The van der Waals surface area contributed by atoms with Gasteiger partial charge in [-0.2, -0.15) is 0 Å². The lowest BCUT2D eigenvalue weighted by atomic mass is 10.0. The molecule has 0 aromatic carbocycles. The average Bonchev–Trinajstić information content (AvgIpc) is 3.29. The van der Waals surface area contributed by atoms with E-state index in [2.05, 4.69) is 20.9 Å². The molecule has 2 saturated heterocycles. The highest BCUT2D eigenvalue weighted by Crippen LogP contribution is 2.33. The van der Waals surface area contributed by atoms with Crippen molar-refractivity contribution >= 4 is 5.95 Å². The summed E-state index contributed by atoms with van der Waals surface area (Å²) in [7, 11) is 0. The molecule has 2 aliphatic heterocycles. The molecule has 1 aromatic heterocycles. The topological polar surface area (TPSA) is 52.5 Å². The van der Waals surface area contributed by atoms with E-state index in [0.29, 0.717) is 12.5 Å². The Morgan fingerprint density at radius 1 is 1.05 bits per heavy atom. The van der Waals surface area contributed by atoms with Crippen LogP contribution in [-0.4, -0.2) is 58.3 Å². The van der Waals surface area contributed by atoms with Gasteiger partial charge in [0.15, 0.2) is 0 Å². The van der Waals surface area contributed by atoms with E-state index >= 15 is 0 Å². The average molecular weight is 302 g/mol. The predicted octanol–water partition coefficient (Wildman–Crippen LogP) is 1.78. The van der Waals surface area contributed by atoms with Gasteiger partial charge in [-0.05, 0) is 44.8 Å². The van der Waals surface area contributed by atoms with E-state index in [0.717, 1.165) is 25.6 Å². The number of anilines is 1. The van der Waals surface area contributed by atoms with Crippen molar-refractivity contribution in [3.8, 4) is 0 Å². The number of hydrogen-bond acceptors (Lipinski definition) is 5. The van der Waals surface area contributed by atoms with Crippen LogP contribution in [0.15, 0.2) is 12.3 Å². The Balaban J connectivity index is 1.49. The molecule has 0 spiro atoms. The molecule has 120 valence electrons. The van der Waals surface area contributed by atoms with E-state index in [-0.39, 0.29) is 12.1 Å². The number of aliphatic hydroxyl groups is 1. The van der Waals surface area contributed by atoms with Crippen molar-refractivity contribution < 1.29 is 5.11 Å². The van der Waals surface area contributed by atoms with Crippen LogP contribution in [-0.2, 0) is 0 Å². The zero-order valence-corrected chi connectivity index (χ0v) is 13.2. The van der Waals surface area contributed by atoms with Crippen LogP contribution in [0.3, 0.4) is 0 Å². The second-order valence-corrected chi connectivity index (χ2v) is 7.05. The van der Waals surface area contributed by atoms with Gasteiger partial charge in [0, 0.05) is 30.9 Å². The summed E-state index contributed by atoms with van der Waals surface area (Å²) in [6.07, 6.45) is 9.30. The minimum absolute atomic E-state index is 0.251. The maximum atomic E-state index is 10.4. The van der Waals surface area contributed by atoms with Crippen LogP contribution in [0, 0.1) is 0 Å². The maximum absolute atomic E-state index is 10.4. The molecule has 5 heteroatoms. The fraction of sp³-hybridized carbons (Fsp3) is 0.765. The third-order valence-corrected chi connectivity index (χ3v) is 5.59. The van der Waals surface area contributed by atoms with Crippen molar-refractivity contribution in [3.05, 3.63) is 18.0 Å². The number of aromatic nitrogens is 2. The Bertz CT molecular complexity index is 511. The molecule has 2 atom stereocenters. The fourth-order valence-electron chi connectivity index (χ4n) is 4.33. The molecule has 3 aliphatic rings. The van der Waals surface area contributed by atoms with Gasteiger partial charge in [0.1, 0.15) is 0 Å². The Hall–Kier alpha value is -1.20. The van der Waals surface area contributed by atoms with Gasteiger partial charge in [-0.25, -0.2) is 9.97 Å². The summed E-state index contributed by atoms with van der Waals surface area (Å²) in [5.74, 6) is 1.42. The summed E-state index contributed by atoms with van der Waals surface area (Å²) in [4.78, 5) is 13.9. The normalized spacial score (nSPS) is 30.5. The summed E-state index contributed by atoms with van der Waals surface area (Å²) >= 11 is 0. The molecule has 1 aliphatic carbocycles. The van der Waals surface area contributed by atoms with E-state index < -0.39 is 0 Å². The lowest BCUT2D eigenvalue weighted by Crippen LogP contribution is -2.41. The molecule has 22 heavy (non-hydrogen) atoms. The lowest BCUT2D eigenvalue weighted by molar-refractivity contribution is 0.0986. The third-order valence-electron chi connectivity index (χ3n) is 5.59.